The van der Waals surface area contributed by atoms with Crippen LogP contribution in [0.15, 0.2) is 29.0 Å². The van der Waals surface area contributed by atoms with E-state index in [2.05, 4.69) is 24.5 Å². The van der Waals surface area contributed by atoms with Crippen LogP contribution in [0, 0.1) is 17.2 Å². The van der Waals surface area contributed by atoms with Crippen molar-refractivity contribution in [2.24, 2.45) is 5.92 Å². The Kier molecular flexibility index (Phi) is 7.12. The predicted octanol–water partition coefficient (Wildman–Crippen LogP) is 5.19. The highest BCUT2D eigenvalue weighted by molar-refractivity contribution is 7.08. The maximum Gasteiger partial charge on any atom is 0.243 e. The highest BCUT2D eigenvalue weighted by Gasteiger charge is 2.21. The van der Waals surface area contributed by atoms with Gasteiger partial charge in [0.2, 0.25) is 5.91 Å². The molecule has 7 heteroatoms. The molecule has 1 amide bonds. The number of nitriles is 1. The predicted molar refractivity (Wildman–Crippen MR) is 105 cm³/mol. The molecule has 0 saturated carbocycles. The molecule has 0 aliphatic rings. The number of carbonyl (C=O) groups is 1. The third-order valence-electron chi connectivity index (χ3n) is 3.58. The van der Waals surface area contributed by atoms with E-state index in [0.29, 0.717) is 22.4 Å². The summed E-state index contributed by atoms with van der Waals surface area (Å²) in [5.41, 5.74) is 2.62. The van der Waals surface area contributed by atoms with Crippen LogP contribution in [0.4, 0.5) is 5.69 Å². The quantitative estimate of drug-likeness (QED) is 0.633. The molecule has 0 fully saturated rings. The van der Waals surface area contributed by atoms with E-state index in [0.717, 1.165) is 16.8 Å². The normalized spacial score (nSPS) is 11.8. The van der Waals surface area contributed by atoms with Crippen molar-refractivity contribution in [3.05, 3.63) is 39.0 Å². The zero-order valence-electron chi connectivity index (χ0n) is 14.0. The van der Waals surface area contributed by atoms with Gasteiger partial charge in [0.25, 0.3) is 0 Å². The van der Waals surface area contributed by atoms with Gasteiger partial charge in [0, 0.05) is 31.9 Å². The summed E-state index contributed by atoms with van der Waals surface area (Å²) in [6.45, 7) is 4.10. The van der Waals surface area contributed by atoms with Crippen LogP contribution in [0.2, 0.25) is 10.0 Å². The average Bonchev–Trinajstić information content (AvgIpc) is 2.99. The van der Waals surface area contributed by atoms with E-state index in [1.165, 1.54) is 11.3 Å². The Morgan fingerprint density at radius 3 is 2.68 bits per heavy atom. The van der Waals surface area contributed by atoms with E-state index < -0.39 is 6.04 Å². The number of carbonyl (C=O) groups excluding carboxylic acids is 1. The van der Waals surface area contributed by atoms with Gasteiger partial charge in [-0.1, -0.05) is 43.1 Å². The second kappa shape index (κ2) is 9.10. The van der Waals surface area contributed by atoms with Crippen LogP contribution in [0.1, 0.15) is 20.3 Å². The minimum absolute atomic E-state index is 0.00534. The molecule has 132 valence electrons. The minimum atomic E-state index is -0.423. The van der Waals surface area contributed by atoms with Crippen LogP contribution in [-0.2, 0) is 4.79 Å². The first-order chi connectivity index (χ1) is 11.9. The van der Waals surface area contributed by atoms with Crippen LogP contribution >= 0.6 is 34.5 Å². The van der Waals surface area contributed by atoms with Gasteiger partial charge < -0.3 is 10.6 Å². The Labute approximate surface area is 161 Å². The van der Waals surface area contributed by atoms with Gasteiger partial charge in [-0.15, -0.1) is 11.3 Å². The molecule has 0 unspecified atom stereocenters. The maximum atomic E-state index is 12.4. The van der Waals surface area contributed by atoms with Gasteiger partial charge in [0.05, 0.1) is 11.8 Å². The molecule has 1 heterocycles. The maximum absolute atomic E-state index is 12.4. The molecule has 2 N–H and O–H groups in total. The van der Waals surface area contributed by atoms with Crippen molar-refractivity contribution in [1.29, 1.82) is 5.26 Å². The molecule has 0 aliphatic carbocycles. The van der Waals surface area contributed by atoms with Gasteiger partial charge in [-0.2, -0.15) is 5.26 Å². The lowest BCUT2D eigenvalue weighted by Gasteiger charge is -2.21. The number of rotatable bonds is 7. The lowest BCUT2D eigenvalue weighted by molar-refractivity contribution is -0.121. The summed E-state index contributed by atoms with van der Waals surface area (Å²) < 4.78 is 0. The van der Waals surface area contributed by atoms with Crippen molar-refractivity contribution in [2.75, 3.05) is 11.9 Å². The number of nitrogens with one attached hydrogen (secondary N) is 2. The number of benzene rings is 1. The largest absolute Gasteiger partial charge is 0.372 e. The highest BCUT2D eigenvalue weighted by Crippen LogP contribution is 2.37. The van der Waals surface area contributed by atoms with Crippen LogP contribution in [0.25, 0.3) is 11.1 Å². The van der Waals surface area contributed by atoms with E-state index in [1.807, 2.05) is 22.9 Å². The molecule has 0 saturated heterocycles. The van der Waals surface area contributed by atoms with Crippen molar-refractivity contribution < 1.29 is 4.79 Å². The van der Waals surface area contributed by atoms with E-state index in [4.69, 9.17) is 28.5 Å². The lowest BCUT2D eigenvalue weighted by Crippen LogP contribution is -2.40. The number of hydrogen-bond acceptors (Lipinski definition) is 4. The molecule has 2 rings (SSSR count). The van der Waals surface area contributed by atoms with E-state index in [9.17, 15) is 4.79 Å². The van der Waals surface area contributed by atoms with Gasteiger partial charge in [0.1, 0.15) is 12.6 Å². The first-order valence-electron chi connectivity index (χ1n) is 7.85. The molecule has 0 bridgehead atoms. The van der Waals surface area contributed by atoms with Gasteiger partial charge in [-0.3, -0.25) is 4.79 Å². The number of halogens is 2. The molecule has 0 aliphatic heterocycles. The molecule has 2 aromatic rings. The molecule has 1 aromatic heterocycles. The Morgan fingerprint density at radius 1 is 1.28 bits per heavy atom. The monoisotopic (exact) mass is 395 g/mol. The van der Waals surface area contributed by atoms with Gasteiger partial charge in [-0.05, 0) is 24.5 Å². The lowest BCUT2D eigenvalue weighted by atomic mass is 10.0. The molecular formula is C18H19Cl2N3OS. The molecule has 1 aromatic carbocycles. The van der Waals surface area contributed by atoms with Crippen molar-refractivity contribution in [3.8, 4) is 17.2 Å². The first kappa shape index (κ1) is 19.6. The number of nitrogens with zero attached hydrogens (tertiary/aromatic N) is 1. The second-order valence-corrected chi connectivity index (χ2v) is 7.61. The van der Waals surface area contributed by atoms with Crippen LogP contribution in [-0.4, -0.2) is 18.5 Å². The Morgan fingerprint density at radius 2 is 2.04 bits per heavy atom. The highest BCUT2D eigenvalue weighted by atomic mass is 35.5. The fraction of sp³-hybridized carbons (Fsp3) is 0.333. The number of thiophene rings is 1. The first-order valence-corrected chi connectivity index (χ1v) is 9.55. The second-order valence-electron chi connectivity index (χ2n) is 6.03. The van der Waals surface area contributed by atoms with Crippen molar-refractivity contribution in [1.82, 2.24) is 5.32 Å². The Hall–Kier alpha value is -1.74. The summed E-state index contributed by atoms with van der Waals surface area (Å²) in [5, 5.41) is 19.7. The van der Waals surface area contributed by atoms with E-state index in [1.54, 1.807) is 12.1 Å². The van der Waals surface area contributed by atoms with E-state index >= 15 is 0 Å². The fourth-order valence-corrected chi connectivity index (χ4v) is 3.77. The molecule has 1 atom stereocenters. The summed E-state index contributed by atoms with van der Waals surface area (Å²) in [4.78, 5) is 12.4. The standard InChI is InChI=1S/C18H19Cl2N3OS/c1-11(2)7-16(18(24)22-6-5-21)23-17-10-25-9-14(17)13-4-3-12(19)8-15(13)20/h3-4,8-11,16,23H,6-7H2,1-2H3,(H,22,24)/t16-/m0/s1. The smallest absolute Gasteiger partial charge is 0.243 e. The zero-order valence-corrected chi connectivity index (χ0v) is 16.3. The van der Waals surface area contributed by atoms with Crippen molar-refractivity contribution >= 4 is 46.1 Å². The van der Waals surface area contributed by atoms with Crippen LogP contribution in [0.3, 0.4) is 0 Å². The molecule has 25 heavy (non-hydrogen) atoms. The average molecular weight is 396 g/mol. The third-order valence-corrected chi connectivity index (χ3v) is 4.87. The zero-order chi connectivity index (χ0) is 18.4. The third kappa shape index (κ3) is 5.37. The summed E-state index contributed by atoms with van der Waals surface area (Å²) in [6.07, 6.45) is 0.654. The van der Waals surface area contributed by atoms with Gasteiger partial charge in [-0.25, -0.2) is 0 Å². The molecule has 0 spiro atoms. The Balaban J connectivity index is 2.27. The fourth-order valence-electron chi connectivity index (χ4n) is 2.47. The topological polar surface area (TPSA) is 64.9 Å². The number of amides is 1. The van der Waals surface area contributed by atoms with Crippen LogP contribution in [0.5, 0.6) is 0 Å². The Bertz CT molecular complexity index is 783. The van der Waals surface area contributed by atoms with Crippen molar-refractivity contribution in [2.45, 2.75) is 26.3 Å². The van der Waals surface area contributed by atoms with E-state index in [-0.39, 0.29) is 12.5 Å². The molecule has 4 nitrogen and oxygen atoms in total. The summed E-state index contributed by atoms with van der Waals surface area (Å²) >= 11 is 13.8. The van der Waals surface area contributed by atoms with Crippen LogP contribution < -0.4 is 10.6 Å². The van der Waals surface area contributed by atoms with Gasteiger partial charge >= 0.3 is 0 Å². The summed E-state index contributed by atoms with van der Waals surface area (Å²) in [6, 6.07) is 6.86. The van der Waals surface area contributed by atoms with Crippen molar-refractivity contribution in [3.63, 3.8) is 0 Å². The number of anilines is 1. The summed E-state index contributed by atoms with van der Waals surface area (Å²) in [7, 11) is 0. The minimum Gasteiger partial charge on any atom is -0.372 e. The SMILES string of the molecule is CC(C)C[C@H](Nc1cscc1-c1ccc(Cl)cc1Cl)C(=O)NCC#N. The van der Waals surface area contributed by atoms with Gasteiger partial charge in [0.15, 0.2) is 0 Å². The molecular weight excluding hydrogens is 377 g/mol. The molecule has 0 radical (unpaired) electrons. The summed E-state index contributed by atoms with van der Waals surface area (Å²) in [5.74, 6) is 0.140. The number of hydrogen-bond donors (Lipinski definition) is 2.